The first kappa shape index (κ1) is 20.7. The van der Waals surface area contributed by atoms with Crippen LogP contribution in [0.2, 0.25) is 0 Å². The van der Waals surface area contributed by atoms with Crippen LogP contribution in [-0.2, 0) is 9.53 Å². The lowest BCUT2D eigenvalue weighted by Crippen LogP contribution is -2.48. The highest BCUT2D eigenvalue weighted by molar-refractivity contribution is 5.84. The number of hydrogen-bond acceptors (Lipinski definition) is 4. The lowest BCUT2D eigenvalue weighted by molar-refractivity contribution is -0.128. The van der Waals surface area contributed by atoms with Crippen molar-refractivity contribution in [2.75, 3.05) is 61.0 Å². The number of aliphatic imine (C=N–C) groups is 1. The van der Waals surface area contributed by atoms with Gasteiger partial charge in [-0.25, -0.2) is 0 Å². The maximum atomic E-state index is 11.7. The Morgan fingerprint density at radius 1 is 1.27 bits per heavy atom. The number of methoxy groups -OCH3 is 1. The summed E-state index contributed by atoms with van der Waals surface area (Å²) in [5, 5.41) is 9.12. The van der Waals surface area contributed by atoms with Gasteiger partial charge in [0.25, 0.3) is 0 Å². The Hall–Kier alpha value is -1.34. The largest absolute Gasteiger partial charge is 0.385 e. The van der Waals surface area contributed by atoms with Gasteiger partial charge in [-0.2, -0.15) is 0 Å². The lowest BCUT2D eigenvalue weighted by Gasteiger charge is -2.24. The van der Waals surface area contributed by atoms with Crippen molar-refractivity contribution in [2.45, 2.75) is 20.3 Å². The molecule has 130 valence electrons. The molecule has 0 unspecified atom stereocenters. The van der Waals surface area contributed by atoms with E-state index in [9.17, 15) is 4.79 Å². The average molecular weight is 315 g/mol. The third kappa shape index (κ3) is 8.84. The zero-order valence-corrected chi connectivity index (χ0v) is 15.0. The number of guanidine groups is 1. The summed E-state index contributed by atoms with van der Waals surface area (Å²) in [6.07, 6.45) is 1.03. The van der Waals surface area contributed by atoms with Crippen molar-refractivity contribution in [2.24, 2.45) is 10.4 Å². The number of nitrogens with one attached hydrogen (secondary N) is 3. The van der Waals surface area contributed by atoms with E-state index >= 15 is 0 Å². The van der Waals surface area contributed by atoms with Gasteiger partial charge in [-0.1, -0.05) is 0 Å². The molecule has 0 heterocycles. The standard InChI is InChI=1S/C15H33N5O2/c1-15(2,13(21)16-3)12-19-14(17-4)18-8-10-20(5)9-7-11-22-6/h7-12H2,1-6H3,(H,16,21)(H2,17,18,19). The van der Waals surface area contributed by atoms with Gasteiger partial charge in [-0.15, -0.1) is 0 Å². The highest BCUT2D eigenvalue weighted by atomic mass is 16.5. The summed E-state index contributed by atoms with van der Waals surface area (Å²) in [6.45, 7) is 7.83. The van der Waals surface area contributed by atoms with E-state index in [4.69, 9.17) is 4.74 Å². The van der Waals surface area contributed by atoms with E-state index in [2.05, 4.69) is 32.9 Å². The van der Waals surface area contributed by atoms with Gasteiger partial charge in [0.1, 0.15) is 0 Å². The summed E-state index contributed by atoms with van der Waals surface area (Å²) in [5.74, 6) is 0.718. The molecule has 0 saturated heterocycles. The van der Waals surface area contributed by atoms with Gasteiger partial charge < -0.3 is 25.6 Å². The van der Waals surface area contributed by atoms with Crippen molar-refractivity contribution in [1.29, 1.82) is 0 Å². The fraction of sp³-hybridized carbons (Fsp3) is 0.867. The Balaban J connectivity index is 4.01. The summed E-state index contributed by atoms with van der Waals surface area (Å²) in [6, 6.07) is 0. The van der Waals surface area contributed by atoms with E-state index < -0.39 is 5.41 Å². The SMILES string of the molecule is CN=C(NCCN(C)CCCOC)NCC(C)(C)C(=O)NC. The highest BCUT2D eigenvalue weighted by Gasteiger charge is 2.26. The first-order valence-corrected chi connectivity index (χ1v) is 7.71. The van der Waals surface area contributed by atoms with Crippen LogP contribution in [0.3, 0.4) is 0 Å². The zero-order chi connectivity index (χ0) is 17.0. The van der Waals surface area contributed by atoms with Gasteiger partial charge in [0.2, 0.25) is 5.91 Å². The number of likely N-dealkylation sites (N-methyl/N-ethyl adjacent to an activating group) is 1. The summed E-state index contributed by atoms with van der Waals surface area (Å²) in [5.41, 5.74) is -0.483. The molecule has 0 bridgehead atoms. The zero-order valence-electron chi connectivity index (χ0n) is 15.0. The van der Waals surface area contributed by atoms with Crippen LogP contribution in [0.4, 0.5) is 0 Å². The van der Waals surface area contributed by atoms with E-state index in [1.165, 1.54) is 0 Å². The predicted octanol–water partition coefficient (Wildman–Crippen LogP) is -0.108. The molecule has 0 aliphatic rings. The molecular formula is C15H33N5O2. The molecule has 22 heavy (non-hydrogen) atoms. The number of ether oxygens (including phenoxy) is 1. The number of hydrogen-bond donors (Lipinski definition) is 3. The normalized spacial score (nSPS) is 12.4. The van der Waals surface area contributed by atoms with Crippen LogP contribution in [0, 0.1) is 5.41 Å². The molecule has 0 atom stereocenters. The second kappa shape index (κ2) is 11.3. The molecule has 0 aliphatic carbocycles. The smallest absolute Gasteiger partial charge is 0.227 e. The van der Waals surface area contributed by atoms with E-state index in [1.54, 1.807) is 21.2 Å². The highest BCUT2D eigenvalue weighted by Crippen LogP contribution is 2.12. The van der Waals surface area contributed by atoms with Crippen molar-refractivity contribution >= 4 is 11.9 Å². The third-order valence-corrected chi connectivity index (χ3v) is 3.44. The van der Waals surface area contributed by atoms with Gasteiger partial charge in [0.05, 0.1) is 5.41 Å². The molecule has 7 nitrogen and oxygen atoms in total. The molecule has 0 fully saturated rings. The second-order valence-electron chi connectivity index (χ2n) is 5.97. The van der Waals surface area contributed by atoms with E-state index in [1.807, 2.05) is 13.8 Å². The molecule has 0 aromatic heterocycles. The van der Waals surface area contributed by atoms with Crippen LogP contribution in [0.25, 0.3) is 0 Å². The summed E-state index contributed by atoms with van der Waals surface area (Å²) < 4.78 is 5.04. The maximum absolute atomic E-state index is 11.7. The quantitative estimate of drug-likeness (QED) is 0.298. The minimum absolute atomic E-state index is 0.00771. The molecule has 7 heteroatoms. The van der Waals surface area contributed by atoms with Crippen LogP contribution < -0.4 is 16.0 Å². The molecule has 0 rings (SSSR count). The summed E-state index contributed by atoms with van der Waals surface area (Å²) in [7, 11) is 7.18. The van der Waals surface area contributed by atoms with Crippen molar-refractivity contribution < 1.29 is 9.53 Å². The van der Waals surface area contributed by atoms with Crippen LogP contribution in [0.5, 0.6) is 0 Å². The molecule has 0 aliphatic heterocycles. The minimum Gasteiger partial charge on any atom is -0.385 e. The number of nitrogens with zero attached hydrogens (tertiary/aromatic N) is 2. The monoisotopic (exact) mass is 315 g/mol. The first-order valence-electron chi connectivity index (χ1n) is 7.71. The summed E-state index contributed by atoms with van der Waals surface area (Å²) >= 11 is 0. The van der Waals surface area contributed by atoms with E-state index in [0.717, 1.165) is 32.7 Å². The van der Waals surface area contributed by atoms with Crippen LogP contribution >= 0.6 is 0 Å². The number of carbonyl (C=O) groups is 1. The second-order valence-corrected chi connectivity index (χ2v) is 5.97. The van der Waals surface area contributed by atoms with Crippen LogP contribution in [-0.4, -0.2) is 77.8 Å². The minimum atomic E-state index is -0.483. The Kier molecular flexibility index (Phi) is 10.6. The van der Waals surface area contributed by atoms with E-state index in [0.29, 0.717) is 12.5 Å². The first-order chi connectivity index (χ1) is 10.4. The predicted molar refractivity (Wildman–Crippen MR) is 91.2 cm³/mol. The number of amides is 1. The van der Waals surface area contributed by atoms with Crippen LogP contribution in [0.1, 0.15) is 20.3 Å². The molecule has 0 aromatic carbocycles. The fourth-order valence-corrected chi connectivity index (χ4v) is 1.90. The average Bonchev–Trinajstić information content (AvgIpc) is 2.49. The number of carbonyl (C=O) groups excluding carboxylic acids is 1. The number of rotatable bonds is 10. The van der Waals surface area contributed by atoms with Crippen molar-refractivity contribution in [1.82, 2.24) is 20.9 Å². The van der Waals surface area contributed by atoms with Gasteiger partial charge in [-0.3, -0.25) is 9.79 Å². The Morgan fingerprint density at radius 3 is 2.50 bits per heavy atom. The van der Waals surface area contributed by atoms with Gasteiger partial charge in [0, 0.05) is 54.0 Å². The maximum Gasteiger partial charge on any atom is 0.227 e. The molecule has 0 saturated carbocycles. The summed E-state index contributed by atoms with van der Waals surface area (Å²) in [4.78, 5) is 18.2. The fourth-order valence-electron chi connectivity index (χ4n) is 1.90. The molecule has 0 aromatic rings. The van der Waals surface area contributed by atoms with Crippen molar-refractivity contribution in [3.05, 3.63) is 0 Å². The van der Waals surface area contributed by atoms with Crippen LogP contribution in [0.15, 0.2) is 4.99 Å². The topological polar surface area (TPSA) is 78.0 Å². The molecule has 1 amide bonds. The Bertz CT molecular complexity index is 345. The Morgan fingerprint density at radius 2 is 1.95 bits per heavy atom. The van der Waals surface area contributed by atoms with Gasteiger partial charge in [0.15, 0.2) is 5.96 Å². The Labute approximate surface area is 134 Å². The van der Waals surface area contributed by atoms with Crippen molar-refractivity contribution in [3.63, 3.8) is 0 Å². The van der Waals surface area contributed by atoms with Gasteiger partial charge in [-0.05, 0) is 27.3 Å². The third-order valence-electron chi connectivity index (χ3n) is 3.44. The lowest BCUT2D eigenvalue weighted by atomic mass is 9.92. The molecular weight excluding hydrogens is 282 g/mol. The molecule has 0 spiro atoms. The van der Waals surface area contributed by atoms with E-state index in [-0.39, 0.29) is 5.91 Å². The molecule has 3 N–H and O–H groups in total. The van der Waals surface area contributed by atoms with Gasteiger partial charge >= 0.3 is 0 Å². The van der Waals surface area contributed by atoms with Crippen molar-refractivity contribution in [3.8, 4) is 0 Å². The molecule has 0 radical (unpaired) electrons.